The number of fused-ring (bicyclic) bond motifs is 1. The highest BCUT2D eigenvalue weighted by atomic mass is 16.3. The molecule has 0 unspecified atom stereocenters. The number of anilines is 1. The maximum atomic E-state index is 12.5. The van der Waals surface area contributed by atoms with Crippen molar-refractivity contribution in [3.63, 3.8) is 0 Å². The molecule has 0 heterocycles. The van der Waals surface area contributed by atoms with Crippen LogP contribution in [0.1, 0.15) is 33.1 Å². The fraction of sp³-hybridized carbons (Fsp3) is 0.235. The third-order valence-electron chi connectivity index (χ3n) is 4.02. The topological polar surface area (TPSA) is 75.4 Å². The number of nitrogen functional groups attached to an aromatic ring is 1. The highest BCUT2D eigenvalue weighted by molar-refractivity contribution is 6.00. The first kappa shape index (κ1) is 13.6. The molecule has 1 aliphatic rings. The lowest BCUT2D eigenvalue weighted by Gasteiger charge is -2.19. The van der Waals surface area contributed by atoms with E-state index in [0.717, 1.165) is 16.7 Å². The van der Waals surface area contributed by atoms with Crippen molar-refractivity contribution in [2.75, 3.05) is 5.73 Å². The fourth-order valence-corrected chi connectivity index (χ4v) is 2.96. The lowest BCUT2D eigenvalue weighted by molar-refractivity contribution is 0.0858. The first-order valence-electron chi connectivity index (χ1n) is 6.99. The van der Waals surface area contributed by atoms with Gasteiger partial charge in [-0.05, 0) is 29.7 Å². The molecule has 0 spiro atoms. The SMILES string of the molecule is Cc1cccc(N)c1C(=O)N[C@@H]1c2ccccc2C[C@@H]1O. The molecular weight excluding hydrogens is 264 g/mol. The minimum absolute atomic E-state index is 0.244. The van der Waals surface area contributed by atoms with Crippen LogP contribution in [0.15, 0.2) is 42.5 Å². The van der Waals surface area contributed by atoms with Crippen molar-refractivity contribution in [2.24, 2.45) is 0 Å². The molecule has 2 aromatic rings. The average molecular weight is 282 g/mol. The van der Waals surface area contributed by atoms with Gasteiger partial charge in [0, 0.05) is 12.1 Å². The number of benzene rings is 2. The monoisotopic (exact) mass is 282 g/mol. The minimum Gasteiger partial charge on any atom is -0.398 e. The first-order chi connectivity index (χ1) is 10.1. The van der Waals surface area contributed by atoms with E-state index < -0.39 is 6.10 Å². The lowest BCUT2D eigenvalue weighted by atomic mass is 10.0. The summed E-state index contributed by atoms with van der Waals surface area (Å²) in [6.07, 6.45) is -0.0405. The van der Waals surface area contributed by atoms with E-state index in [9.17, 15) is 9.90 Å². The molecular formula is C17H18N2O2. The molecule has 0 bridgehead atoms. The number of rotatable bonds is 2. The quantitative estimate of drug-likeness (QED) is 0.737. The maximum absolute atomic E-state index is 12.5. The molecule has 0 aromatic heterocycles. The number of hydrogen-bond donors (Lipinski definition) is 3. The Kier molecular flexibility index (Phi) is 3.39. The van der Waals surface area contributed by atoms with Gasteiger partial charge < -0.3 is 16.2 Å². The number of aryl methyl sites for hydroxylation is 1. The normalized spacial score (nSPS) is 20.1. The van der Waals surface area contributed by atoms with E-state index in [-0.39, 0.29) is 11.9 Å². The number of hydrogen-bond acceptors (Lipinski definition) is 3. The zero-order valence-electron chi connectivity index (χ0n) is 11.8. The summed E-state index contributed by atoms with van der Waals surface area (Å²) in [4.78, 5) is 12.5. The third-order valence-corrected chi connectivity index (χ3v) is 4.02. The van der Waals surface area contributed by atoms with Gasteiger partial charge in [0.25, 0.3) is 5.91 Å². The molecule has 0 saturated heterocycles. The van der Waals surface area contributed by atoms with Crippen LogP contribution in [-0.4, -0.2) is 17.1 Å². The Morgan fingerprint density at radius 2 is 2.00 bits per heavy atom. The van der Waals surface area contributed by atoms with Gasteiger partial charge in [-0.1, -0.05) is 36.4 Å². The summed E-state index contributed by atoms with van der Waals surface area (Å²) in [6, 6.07) is 12.8. The molecule has 0 aliphatic heterocycles. The molecule has 4 heteroatoms. The van der Waals surface area contributed by atoms with Crippen LogP contribution in [0.25, 0.3) is 0 Å². The lowest BCUT2D eigenvalue weighted by Crippen LogP contribution is -2.34. The standard InChI is InChI=1S/C17H18N2O2/c1-10-5-4-8-13(18)15(10)17(21)19-16-12-7-3-2-6-11(12)9-14(16)20/h2-8,14,16,20H,9,18H2,1H3,(H,19,21)/t14-,16+/m0/s1. The molecule has 1 aliphatic carbocycles. The molecule has 108 valence electrons. The van der Waals surface area contributed by atoms with Crippen LogP contribution in [0, 0.1) is 6.92 Å². The highest BCUT2D eigenvalue weighted by Crippen LogP contribution is 2.31. The van der Waals surface area contributed by atoms with Gasteiger partial charge in [0.15, 0.2) is 0 Å². The predicted octanol–water partition coefficient (Wildman–Crippen LogP) is 1.97. The summed E-state index contributed by atoms with van der Waals surface area (Å²) in [5.74, 6) is -0.244. The second-order valence-electron chi connectivity index (χ2n) is 5.46. The number of nitrogens with one attached hydrogen (secondary N) is 1. The summed E-state index contributed by atoms with van der Waals surface area (Å²) in [7, 11) is 0. The van der Waals surface area contributed by atoms with Crippen molar-refractivity contribution in [3.8, 4) is 0 Å². The highest BCUT2D eigenvalue weighted by Gasteiger charge is 2.32. The molecule has 0 saturated carbocycles. The molecule has 1 amide bonds. The summed E-state index contributed by atoms with van der Waals surface area (Å²) in [5, 5.41) is 13.1. The van der Waals surface area contributed by atoms with E-state index in [2.05, 4.69) is 5.32 Å². The second kappa shape index (κ2) is 5.22. The molecule has 2 atom stereocenters. The van der Waals surface area contributed by atoms with Gasteiger partial charge in [-0.3, -0.25) is 4.79 Å². The van der Waals surface area contributed by atoms with Crippen molar-refractivity contribution < 1.29 is 9.90 Å². The molecule has 2 aromatic carbocycles. The molecule has 4 N–H and O–H groups in total. The van der Waals surface area contributed by atoms with Crippen molar-refractivity contribution in [1.82, 2.24) is 5.32 Å². The predicted molar refractivity (Wildman–Crippen MR) is 82.0 cm³/mol. The number of carbonyl (C=O) groups excluding carboxylic acids is 1. The summed E-state index contributed by atoms with van der Waals surface area (Å²) in [6.45, 7) is 1.85. The number of aliphatic hydroxyl groups is 1. The summed E-state index contributed by atoms with van der Waals surface area (Å²) >= 11 is 0. The van der Waals surface area contributed by atoms with Crippen LogP contribution in [0.2, 0.25) is 0 Å². The van der Waals surface area contributed by atoms with Crippen LogP contribution in [-0.2, 0) is 6.42 Å². The van der Waals surface area contributed by atoms with E-state index in [4.69, 9.17) is 5.73 Å². The van der Waals surface area contributed by atoms with Crippen molar-refractivity contribution in [2.45, 2.75) is 25.5 Å². The fourth-order valence-electron chi connectivity index (χ4n) is 2.96. The van der Waals surface area contributed by atoms with Gasteiger partial charge in [-0.2, -0.15) is 0 Å². The Labute approximate surface area is 123 Å². The minimum atomic E-state index is -0.600. The smallest absolute Gasteiger partial charge is 0.254 e. The molecule has 3 rings (SSSR count). The largest absolute Gasteiger partial charge is 0.398 e. The van der Waals surface area contributed by atoms with E-state index >= 15 is 0 Å². The third kappa shape index (κ3) is 2.38. The Morgan fingerprint density at radius 1 is 1.24 bits per heavy atom. The van der Waals surface area contributed by atoms with Gasteiger partial charge in [-0.15, -0.1) is 0 Å². The Morgan fingerprint density at radius 3 is 2.76 bits per heavy atom. The van der Waals surface area contributed by atoms with Gasteiger partial charge in [-0.25, -0.2) is 0 Å². The molecule has 0 fully saturated rings. The zero-order chi connectivity index (χ0) is 15.0. The molecule has 4 nitrogen and oxygen atoms in total. The maximum Gasteiger partial charge on any atom is 0.254 e. The van der Waals surface area contributed by atoms with Crippen molar-refractivity contribution >= 4 is 11.6 Å². The van der Waals surface area contributed by atoms with E-state index in [1.807, 2.05) is 43.3 Å². The van der Waals surface area contributed by atoms with Gasteiger partial charge in [0.05, 0.1) is 17.7 Å². The Bertz CT molecular complexity index is 677. The van der Waals surface area contributed by atoms with Crippen molar-refractivity contribution in [1.29, 1.82) is 0 Å². The zero-order valence-corrected chi connectivity index (χ0v) is 11.8. The van der Waals surface area contributed by atoms with E-state index in [0.29, 0.717) is 17.7 Å². The van der Waals surface area contributed by atoms with Gasteiger partial charge >= 0.3 is 0 Å². The van der Waals surface area contributed by atoms with Gasteiger partial charge in [0.1, 0.15) is 0 Å². The Balaban J connectivity index is 1.89. The van der Waals surface area contributed by atoms with E-state index in [1.54, 1.807) is 6.07 Å². The van der Waals surface area contributed by atoms with Crippen LogP contribution >= 0.6 is 0 Å². The summed E-state index contributed by atoms with van der Waals surface area (Å²) in [5.41, 5.74) is 9.72. The second-order valence-corrected chi connectivity index (χ2v) is 5.46. The Hall–Kier alpha value is -2.33. The van der Waals surface area contributed by atoms with Crippen LogP contribution in [0.5, 0.6) is 0 Å². The number of carbonyl (C=O) groups is 1. The number of nitrogens with two attached hydrogens (primary N) is 1. The van der Waals surface area contributed by atoms with Crippen LogP contribution in [0.3, 0.4) is 0 Å². The summed E-state index contributed by atoms with van der Waals surface area (Å²) < 4.78 is 0. The van der Waals surface area contributed by atoms with Crippen LogP contribution in [0.4, 0.5) is 5.69 Å². The molecule has 0 radical (unpaired) electrons. The van der Waals surface area contributed by atoms with Gasteiger partial charge in [0.2, 0.25) is 0 Å². The van der Waals surface area contributed by atoms with Crippen molar-refractivity contribution in [3.05, 3.63) is 64.7 Å². The molecule has 21 heavy (non-hydrogen) atoms. The number of aliphatic hydroxyl groups excluding tert-OH is 1. The average Bonchev–Trinajstić information content (AvgIpc) is 2.75. The van der Waals surface area contributed by atoms with Crippen LogP contribution < -0.4 is 11.1 Å². The van der Waals surface area contributed by atoms with E-state index in [1.165, 1.54) is 0 Å². The first-order valence-corrected chi connectivity index (χ1v) is 6.99. The number of amides is 1.